The highest BCUT2D eigenvalue weighted by molar-refractivity contribution is 6.02. The Hall–Kier alpha value is -7.58. The van der Waals surface area contributed by atoms with Gasteiger partial charge in [0.1, 0.15) is 46.0 Å². The predicted octanol–water partition coefficient (Wildman–Crippen LogP) is 10.7. The summed E-state index contributed by atoms with van der Waals surface area (Å²) in [5, 5.41) is 93.0. The van der Waals surface area contributed by atoms with Crippen molar-refractivity contribution in [1.82, 2.24) is 0 Å². The van der Waals surface area contributed by atoms with Crippen molar-refractivity contribution in [3.05, 3.63) is 179 Å². The van der Waals surface area contributed by atoms with Crippen LogP contribution in [0.4, 0.5) is 0 Å². The quantitative estimate of drug-likeness (QED) is 0.0776. The third-order valence-electron chi connectivity index (χ3n) is 12.2. The van der Waals surface area contributed by atoms with E-state index in [-0.39, 0.29) is 46.0 Å². The Kier molecular flexibility index (Phi) is 8.09. The Labute approximate surface area is 332 Å². The molecule has 9 aromatic carbocycles. The van der Waals surface area contributed by atoms with Crippen molar-refractivity contribution in [3.8, 4) is 46.0 Å². The van der Waals surface area contributed by atoms with Gasteiger partial charge in [-0.1, -0.05) is 97.1 Å². The third-order valence-corrected chi connectivity index (χ3v) is 12.2. The van der Waals surface area contributed by atoms with Crippen LogP contribution in [0.5, 0.6) is 46.0 Å². The van der Waals surface area contributed by atoms with Gasteiger partial charge in [0.15, 0.2) is 0 Å². The van der Waals surface area contributed by atoms with Crippen LogP contribution in [0.15, 0.2) is 146 Å². The Morgan fingerprint density at radius 2 is 0.483 bits per heavy atom. The van der Waals surface area contributed by atoms with Crippen LogP contribution in [0, 0.1) is 0 Å². The van der Waals surface area contributed by atoms with E-state index in [9.17, 15) is 40.9 Å². The van der Waals surface area contributed by atoms with E-state index in [4.69, 9.17) is 0 Å². The smallest absolute Gasteiger partial charge is 0.123 e. The zero-order valence-electron chi connectivity index (χ0n) is 31.4. The normalized spacial score (nSPS) is 12.2. The molecular formula is C50H38O8. The van der Waals surface area contributed by atoms with E-state index in [1.54, 1.807) is 121 Å². The van der Waals surface area contributed by atoms with E-state index in [0.717, 1.165) is 11.1 Å². The number of rotatable bonds is 6. The van der Waals surface area contributed by atoms with E-state index in [2.05, 4.69) is 0 Å². The van der Waals surface area contributed by atoms with Crippen molar-refractivity contribution in [1.29, 1.82) is 0 Å². The molecule has 0 radical (unpaired) electrons. The molecule has 0 saturated carbocycles. The second kappa shape index (κ2) is 13.0. The molecule has 0 aliphatic heterocycles. The number of fused-ring (bicyclic) bond motifs is 4. The highest BCUT2D eigenvalue weighted by Gasteiger charge is 2.39. The van der Waals surface area contributed by atoms with Crippen LogP contribution in [0.25, 0.3) is 43.1 Å². The van der Waals surface area contributed by atoms with Gasteiger partial charge in [-0.3, -0.25) is 0 Å². The molecule has 286 valence electrons. The van der Waals surface area contributed by atoms with Gasteiger partial charge < -0.3 is 40.9 Å². The molecule has 0 unspecified atom stereocenters. The van der Waals surface area contributed by atoms with Gasteiger partial charge in [-0.05, 0) is 95.8 Å². The van der Waals surface area contributed by atoms with Crippen LogP contribution in [0.3, 0.4) is 0 Å². The number of benzene rings is 9. The van der Waals surface area contributed by atoms with E-state index in [1.807, 2.05) is 38.1 Å². The first-order valence-electron chi connectivity index (χ1n) is 18.7. The Balaban J connectivity index is 1.37. The minimum absolute atomic E-state index is 0.0183. The van der Waals surface area contributed by atoms with Gasteiger partial charge in [0.25, 0.3) is 0 Å². The molecule has 9 rings (SSSR count). The summed E-state index contributed by atoms with van der Waals surface area (Å²) in [5.74, 6) is -0.280. The zero-order valence-corrected chi connectivity index (χ0v) is 31.4. The standard InChI is InChI=1S/C50H38O8/c1-49(33-19-23-37(51)29-7-3-11-41(55)45(29)33,34-20-24-38(52)30-8-4-12-42(56)46(30)34)27-15-17-28(18-16-27)50(2,35-21-25-39(53)31-9-5-13-43(57)47(31)35)36-22-26-40(54)32-10-6-14-44(58)48(32)36/h3-26,51-58H,1-2H3. The van der Waals surface area contributed by atoms with Gasteiger partial charge in [-0.15, -0.1) is 0 Å². The number of phenolic OH excluding ortho intramolecular Hbond substituents is 8. The molecule has 0 heterocycles. The Bertz CT molecular complexity index is 2740. The summed E-state index contributed by atoms with van der Waals surface area (Å²) < 4.78 is 0. The maximum Gasteiger partial charge on any atom is 0.123 e. The number of aromatic hydroxyl groups is 8. The van der Waals surface area contributed by atoms with Crippen molar-refractivity contribution in [2.75, 3.05) is 0 Å². The molecule has 0 amide bonds. The molecule has 0 spiro atoms. The third kappa shape index (κ3) is 5.08. The van der Waals surface area contributed by atoms with Gasteiger partial charge in [0.2, 0.25) is 0 Å². The maximum atomic E-state index is 11.4. The molecule has 8 nitrogen and oxygen atoms in total. The number of hydrogen-bond acceptors (Lipinski definition) is 8. The maximum absolute atomic E-state index is 11.4. The van der Waals surface area contributed by atoms with E-state index < -0.39 is 10.8 Å². The first kappa shape index (κ1) is 36.1. The topological polar surface area (TPSA) is 162 Å². The number of hydrogen-bond donors (Lipinski definition) is 8. The molecule has 0 saturated heterocycles. The summed E-state index contributed by atoms with van der Waals surface area (Å²) in [5.41, 5.74) is 1.61. The van der Waals surface area contributed by atoms with Gasteiger partial charge in [-0.25, -0.2) is 0 Å². The van der Waals surface area contributed by atoms with Crippen molar-refractivity contribution in [3.63, 3.8) is 0 Å². The molecule has 0 bridgehead atoms. The van der Waals surface area contributed by atoms with Crippen molar-refractivity contribution in [2.24, 2.45) is 0 Å². The lowest BCUT2D eigenvalue weighted by Crippen LogP contribution is -2.28. The van der Waals surface area contributed by atoms with Crippen molar-refractivity contribution >= 4 is 43.1 Å². The first-order valence-corrected chi connectivity index (χ1v) is 18.7. The van der Waals surface area contributed by atoms with Crippen molar-refractivity contribution < 1.29 is 40.9 Å². The summed E-state index contributed by atoms with van der Waals surface area (Å²) in [4.78, 5) is 0. The average molecular weight is 767 g/mol. The zero-order chi connectivity index (χ0) is 40.7. The fourth-order valence-corrected chi connectivity index (χ4v) is 9.20. The van der Waals surface area contributed by atoms with E-state index >= 15 is 0 Å². The van der Waals surface area contributed by atoms with Crippen LogP contribution >= 0.6 is 0 Å². The summed E-state index contributed by atoms with van der Waals surface area (Å²) in [6, 6.07) is 40.9. The SMILES string of the molecule is CC(c1ccc(C(C)(c2ccc(O)c3cccc(O)c23)c2ccc(O)c3cccc(O)c23)cc1)(c1ccc(O)c2cccc(O)c12)c1ccc(O)c2cccc(O)c12. The Morgan fingerprint density at radius 1 is 0.259 bits per heavy atom. The van der Waals surface area contributed by atoms with Gasteiger partial charge in [0.05, 0.1) is 0 Å². The highest BCUT2D eigenvalue weighted by atomic mass is 16.3. The summed E-state index contributed by atoms with van der Waals surface area (Å²) in [6.07, 6.45) is 0. The van der Waals surface area contributed by atoms with Gasteiger partial charge in [0, 0.05) is 53.9 Å². The van der Waals surface area contributed by atoms with Crippen LogP contribution in [-0.4, -0.2) is 40.9 Å². The molecule has 0 aromatic heterocycles. The van der Waals surface area contributed by atoms with Crippen LogP contribution < -0.4 is 0 Å². The molecule has 8 N–H and O–H groups in total. The lowest BCUT2D eigenvalue weighted by atomic mass is 9.65. The van der Waals surface area contributed by atoms with Gasteiger partial charge >= 0.3 is 0 Å². The second-order valence-electron chi connectivity index (χ2n) is 15.2. The predicted molar refractivity (Wildman–Crippen MR) is 227 cm³/mol. The fraction of sp³-hybridized carbons (Fsp3) is 0.0800. The molecule has 0 aliphatic carbocycles. The minimum atomic E-state index is -1.16. The molecule has 0 aliphatic rings. The van der Waals surface area contributed by atoms with E-state index in [1.165, 1.54) is 0 Å². The Morgan fingerprint density at radius 3 is 0.707 bits per heavy atom. The van der Waals surface area contributed by atoms with Crippen LogP contribution in [0.2, 0.25) is 0 Å². The monoisotopic (exact) mass is 766 g/mol. The minimum Gasteiger partial charge on any atom is -0.507 e. The molecule has 0 fully saturated rings. The van der Waals surface area contributed by atoms with Crippen molar-refractivity contribution in [2.45, 2.75) is 24.7 Å². The lowest BCUT2D eigenvalue weighted by Gasteiger charge is -2.37. The average Bonchev–Trinajstić information content (AvgIpc) is 3.22. The summed E-state index contributed by atoms with van der Waals surface area (Å²) >= 11 is 0. The number of phenols is 8. The first-order chi connectivity index (χ1) is 27.8. The second-order valence-corrected chi connectivity index (χ2v) is 15.2. The molecule has 0 atom stereocenters. The highest BCUT2D eigenvalue weighted by Crippen LogP contribution is 2.53. The largest absolute Gasteiger partial charge is 0.507 e. The molecule has 9 aromatic rings. The van der Waals surface area contributed by atoms with Gasteiger partial charge in [-0.2, -0.15) is 0 Å². The molecular weight excluding hydrogens is 729 g/mol. The summed E-state index contributed by atoms with van der Waals surface area (Å²) in [6.45, 7) is 3.93. The lowest BCUT2D eigenvalue weighted by molar-refractivity contribution is 0.472. The molecule has 58 heavy (non-hydrogen) atoms. The summed E-state index contributed by atoms with van der Waals surface area (Å²) in [7, 11) is 0. The fourth-order valence-electron chi connectivity index (χ4n) is 9.20. The van der Waals surface area contributed by atoms with E-state index in [0.29, 0.717) is 65.3 Å². The van der Waals surface area contributed by atoms with Crippen LogP contribution in [-0.2, 0) is 10.8 Å². The van der Waals surface area contributed by atoms with Crippen LogP contribution in [0.1, 0.15) is 47.2 Å². The molecule has 8 heteroatoms.